The van der Waals surface area contributed by atoms with Gasteiger partial charge in [-0.3, -0.25) is 4.90 Å². The van der Waals surface area contributed by atoms with Crippen molar-refractivity contribution in [2.75, 3.05) is 12.4 Å². The summed E-state index contributed by atoms with van der Waals surface area (Å²) in [6.45, 7) is 4.22. The van der Waals surface area contributed by atoms with E-state index >= 15 is 0 Å². The maximum Gasteiger partial charge on any atom is 0.0351 e. The summed E-state index contributed by atoms with van der Waals surface area (Å²) in [4.78, 5) is 2.53. The minimum atomic E-state index is 0.738. The van der Waals surface area contributed by atoms with Crippen LogP contribution in [0.4, 0.5) is 0 Å². The van der Waals surface area contributed by atoms with Gasteiger partial charge in [-0.2, -0.15) is 0 Å². The Morgan fingerprint density at radius 2 is 2.19 bits per heavy atom. The van der Waals surface area contributed by atoms with Gasteiger partial charge < -0.3 is 0 Å². The van der Waals surface area contributed by atoms with Crippen LogP contribution in [0.5, 0.6) is 0 Å². The lowest BCUT2D eigenvalue weighted by Crippen LogP contribution is -2.40. The average molecular weight is 238 g/mol. The molecule has 0 saturated heterocycles. The third-order valence-electron chi connectivity index (χ3n) is 3.43. The summed E-state index contributed by atoms with van der Waals surface area (Å²) in [6.07, 6.45) is 4.09. The Balaban J connectivity index is 1.98. The van der Waals surface area contributed by atoms with Gasteiger partial charge in [-0.1, -0.05) is 36.2 Å². The molecule has 0 radical (unpaired) electrons. The number of halogens is 1. The van der Waals surface area contributed by atoms with Crippen LogP contribution in [-0.2, 0) is 6.54 Å². The molecule has 0 aliphatic heterocycles. The first-order chi connectivity index (χ1) is 7.79. The second-order valence-corrected chi connectivity index (χ2v) is 5.11. The molecule has 0 atom stereocenters. The molecule has 88 valence electrons. The Morgan fingerprint density at radius 1 is 1.38 bits per heavy atom. The van der Waals surface area contributed by atoms with Crippen molar-refractivity contribution in [1.29, 1.82) is 0 Å². The van der Waals surface area contributed by atoms with E-state index in [0.717, 1.165) is 25.0 Å². The fourth-order valence-corrected chi connectivity index (χ4v) is 2.51. The first kappa shape index (κ1) is 11.9. The van der Waals surface area contributed by atoms with E-state index in [4.69, 9.17) is 11.6 Å². The highest BCUT2D eigenvalue weighted by Crippen LogP contribution is 2.26. The van der Waals surface area contributed by atoms with Gasteiger partial charge in [-0.15, -0.1) is 11.6 Å². The van der Waals surface area contributed by atoms with Crippen LogP contribution in [0.2, 0.25) is 0 Å². The molecule has 0 N–H and O–H groups in total. The van der Waals surface area contributed by atoms with Crippen LogP contribution in [0.1, 0.15) is 30.4 Å². The van der Waals surface area contributed by atoms with Gasteiger partial charge in [0.1, 0.15) is 0 Å². The first-order valence-corrected chi connectivity index (χ1v) is 6.68. The lowest BCUT2D eigenvalue weighted by atomic mass is 9.91. The molecule has 1 fully saturated rings. The lowest BCUT2D eigenvalue weighted by molar-refractivity contribution is 0.127. The normalized spacial score (nSPS) is 16.4. The molecular weight excluding hydrogens is 218 g/mol. The molecule has 1 aliphatic carbocycles. The van der Waals surface area contributed by atoms with Crippen molar-refractivity contribution >= 4 is 11.6 Å². The highest BCUT2D eigenvalue weighted by atomic mass is 35.5. The Kier molecular flexibility index (Phi) is 4.25. The highest BCUT2D eigenvalue weighted by Gasteiger charge is 2.24. The highest BCUT2D eigenvalue weighted by molar-refractivity contribution is 6.18. The van der Waals surface area contributed by atoms with Crippen LogP contribution in [0.25, 0.3) is 0 Å². The molecule has 0 aromatic heterocycles. The molecule has 2 rings (SSSR count). The predicted octanol–water partition coefficient (Wildman–Crippen LogP) is 3.59. The second-order valence-electron chi connectivity index (χ2n) is 4.73. The molecule has 16 heavy (non-hydrogen) atoms. The van der Waals surface area contributed by atoms with Crippen LogP contribution in [-0.4, -0.2) is 23.4 Å². The second kappa shape index (κ2) is 5.70. The number of rotatable bonds is 5. The molecule has 1 aliphatic rings. The van der Waals surface area contributed by atoms with Gasteiger partial charge >= 0.3 is 0 Å². The number of nitrogens with zero attached hydrogens (tertiary/aromatic N) is 1. The van der Waals surface area contributed by atoms with Crippen LogP contribution < -0.4 is 0 Å². The molecule has 0 bridgehead atoms. The molecule has 0 amide bonds. The summed E-state index contributed by atoms with van der Waals surface area (Å²) >= 11 is 5.88. The summed E-state index contributed by atoms with van der Waals surface area (Å²) in [5.41, 5.74) is 2.76. The summed E-state index contributed by atoms with van der Waals surface area (Å²) in [6, 6.07) is 9.56. The van der Waals surface area contributed by atoms with Crippen molar-refractivity contribution in [1.82, 2.24) is 4.90 Å². The van der Waals surface area contributed by atoms with E-state index in [1.165, 1.54) is 30.4 Å². The molecule has 0 spiro atoms. The fourth-order valence-electron chi connectivity index (χ4n) is 2.30. The van der Waals surface area contributed by atoms with Crippen molar-refractivity contribution in [3.63, 3.8) is 0 Å². The zero-order chi connectivity index (χ0) is 11.4. The quantitative estimate of drug-likeness (QED) is 0.708. The maximum atomic E-state index is 5.88. The Hall–Kier alpha value is -0.530. The minimum Gasteiger partial charge on any atom is -0.295 e. The van der Waals surface area contributed by atoms with Crippen molar-refractivity contribution < 1.29 is 0 Å². The summed E-state index contributed by atoms with van der Waals surface area (Å²) < 4.78 is 0. The topological polar surface area (TPSA) is 3.24 Å². The summed E-state index contributed by atoms with van der Waals surface area (Å²) in [5, 5.41) is 0. The molecule has 1 saturated carbocycles. The van der Waals surface area contributed by atoms with Crippen molar-refractivity contribution in [3.8, 4) is 0 Å². The lowest BCUT2D eigenvalue weighted by Gasteiger charge is -2.37. The van der Waals surface area contributed by atoms with Crippen LogP contribution in [0.3, 0.4) is 0 Å². The van der Waals surface area contributed by atoms with E-state index in [9.17, 15) is 0 Å². The van der Waals surface area contributed by atoms with E-state index in [-0.39, 0.29) is 0 Å². The van der Waals surface area contributed by atoms with Crippen molar-refractivity contribution in [2.45, 2.75) is 38.8 Å². The fraction of sp³-hybridized carbons (Fsp3) is 0.571. The summed E-state index contributed by atoms with van der Waals surface area (Å²) in [7, 11) is 0. The number of alkyl halides is 1. The number of aryl methyl sites for hydroxylation is 1. The van der Waals surface area contributed by atoms with Gasteiger partial charge in [0, 0.05) is 25.0 Å². The number of hydrogen-bond acceptors (Lipinski definition) is 1. The van der Waals surface area contributed by atoms with Gasteiger partial charge in [0.2, 0.25) is 0 Å². The SMILES string of the molecule is Cc1cccc(CN(CCCl)C2CCC2)c1. The number of hydrogen-bond donors (Lipinski definition) is 0. The summed E-state index contributed by atoms with van der Waals surface area (Å²) in [5.74, 6) is 0.738. The van der Waals surface area contributed by atoms with Gasteiger partial charge in [-0.05, 0) is 25.3 Å². The van der Waals surface area contributed by atoms with Gasteiger partial charge in [0.05, 0.1) is 0 Å². The van der Waals surface area contributed by atoms with Crippen molar-refractivity contribution in [2.24, 2.45) is 0 Å². The van der Waals surface area contributed by atoms with E-state index in [1.54, 1.807) is 0 Å². The standard InChI is InChI=1S/C14H20ClN/c1-12-4-2-5-13(10-12)11-16(9-8-15)14-6-3-7-14/h2,4-5,10,14H,3,6-9,11H2,1H3. The largest absolute Gasteiger partial charge is 0.295 e. The molecule has 0 unspecified atom stereocenters. The third-order valence-corrected chi connectivity index (χ3v) is 3.60. The molecule has 1 nitrogen and oxygen atoms in total. The van der Waals surface area contributed by atoms with Gasteiger partial charge in [0.25, 0.3) is 0 Å². The molecular formula is C14H20ClN. The first-order valence-electron chi connectivity index (χ1n) is 6.15. The Morgan fingerprint density at radius 3 is 2.75 bits per heavy atom. The maximum absolute atomic E-state index is 5.88. The van der Waals surface area contributed by atoms with E-state index in [0.29, 0.717) is 0 Å². The van der Waals surface area contributed by atoms with Crippen molar-refractivity contribution in [3.05, 3.63) is 35.4 Å². The van der Waals surface area contributed by atoms with Crippen LogP contribution in [0.15, 0.2) is 24.3 Å². The zero-order valence-corrected chi connectivity index (χ0v) is 10.7. The molecule has 1 aromatic carbocycles. The Bertz CT molecular complexity index is 333. The van der Waals surface area contributed by atoms with Crippen LogP contribution in [0, 0.1) is 6.92 Å². The third kappa shape index (κ3) is 2.99. The zero-order valence-electron chi connectivity index (χ0n) is 9.95. The molecule has 2 heteroatoms. The van der Waals surface area contributed by atoms with E-state index in [1.807, 2.05) is 0 Å². The average Bonchev–Trinajstić information content (AvgIpc) is 2.15. The monoisotopic (exact) mass is 237 g/mol. The minimum absolute atomic E-state index is 0.738. The van der Waals surface area contributed by atoms with E-state index in [2.05, 4.69) is 36.1 Å². The van der Waals surface area contributed by atoms with Crippen LogP contribution >= 0.6 is 11.6 Å². The molecule has 0 heterocycles. The van der Waals surface area contributed by atoms with Gasteiger partial charge in [0.15, 0.2) is 0 Å². The number of benzene rings is 1. The van der Waals surface area contributed by atoms with Gasteiger partial charge in [-0.25, -0.2) is 0 Å². The molecule has 1 aromatic rings. The predicted molar refractivity (Wildman–Crippen MR) is 69.9 cm³/mol. The Labute approximate surface area is 103 Å². The smallest absolute Gasteiger partial charge is 0.0351 e. The van der Waals surface area contributed by atoms with E-state index < -0.39 is 0 Å².